The van der Waals surface area contributed by atoms with Crippen LogP contribution in [0.4, 0.5) is 10.2 Å². The Morgan fingerprint density at radius 1 is 1.09 bits per heavy atom. The molecular formula is C23H21FN6O3. The zero-order chi connectivity index (χ0) is 22.9. The molecule has 168 valence electrons. The Labute approximate surface area is 188 Å². The number of piperazine rings is 1. The lowest BCUT2D eigenvalue weighted by molar-refractivity contribution is 0.0748. The predicted octanol–water partition coefficient (Wildman–Crippen LogP) is 3.10. The number of nitrogens with zero attached hydrogens (tertiary/aromatic N) is 6. The number of benzene rings is 1. The molecule has 1 fully saturated rings. The van der Waals surface area contributed by atoms with E-state index >= 15 is 0 Å². The van der Waals surface area contributed by atoms with Crippen molar-refractivity contribution in [2.45, 2.75) is 6.92 Å². The van der Waals surface area contributed by atoms with E-state index in [-0.39, 0.29) is 17.4 Å². The Bertz CT molecular complexity index is 1320. The van der Waals surface area contributed by atoms with Crippen LogP contribution in [0.3, 0.4) is 0 Å². The van der Waals surface area contributed by atoms with E-state index in [1.165, 1.54) is 12.1 Å². The van der Waals surface area contributed by atoms with Crippen LogP contribution in [0.15, 0.2) is 47.2 Å². The fourth-order valence-electron chi connectivity index (χ4n) is 3.93. The van der Waals surface area contributed by atoms with Gasteiger partial charge >= 0.3 is 0 Å². The summed E-state index contributed by atoms with van der Waals surface area (Å²) in [4.78, 5) is 30.5. The molecule has 3 aromatic heterocycles. The molecule has 0 aliphatic carbocycles. The Balaban J connectivity index is 1.42. The number of hydrogen-bond donors (Lipinski definition) is 0. The van der Waals surface area contributed by atoms with E-state index in [0.29, 0.717) is 65.8 Å². The molecule has 0 spiro atoms. The van der Waals surface area contributed by atoms with Crippen molar-refractivity contribution in [2.75, 3.05) is 38.2 Å². The minimum absolute atomic E-state index is 0.131. The fraction of sp³-hybridized carbons (Fsp3) is 0.261. The van der Waals surface area contributed by atoms with Crippen LogP contribution in [0.2, 0.25) is 0 Å². The quantitative estimate of drug-likeness (QED) is 0.470. The summed E-state index contributed by atoms with van der Waals surface area (Å²) in [7, 11) is 1.55. The first kappa shape index (κ1) is 20.8. The molecule has 1 saturated heterocycles. The smallest absolute Gasteiger partial charge is 0.259 e. The third kappa shape index (κ3) is 3.95. The van der Waals surface area contributed by atoms with Crippen LogP contribution >= 0.6 is 0 Å². The van der Waals surface area contributed by atoms with Crippen molar-refractivity contribution in [3.8, 4) is 17.1 Å². The normalized spacial score (nSPS) is 14.0. The van der Waals surface area contributed by atoms with Gasteiger partial charge in [-0.25, -0.2) is 9.37 Å². The lowest BCUT2D eigenvalue weighted by Gasteiger charge is -2.35. The number of anilines is 1. The molecule has 0 N–H and O–H groups in total. The molecular weight excluding hydrogens is 427 g/mol. The third-order valence-electron chi connectivity index (χ3n) is 5.69. The zero-order valence-electron chi connectivity index (χ0n) is 18.2. The highest BCUT2D eigenvalue weighted by Crippen LogP contribution is 2.28. The van der Waals surface area contributed by atoms with Gasteiger partial charge in [0, 0.05) is 31.7 Å². The second-order valence-electron chi connectivity index (χ2n) is 7.71. The van der Waals surface area contributed by atoms with E-state index in [2.05, 4.69) is 25.0 Å². The maximum atomic E-state index is 13.5. The average molecular weight is 448 g/mol. The molecule has 0 bridgehead atoms. The monoisotopic (exact) mass is 448 g/mol. The van der Waals surface area contributed by atoms with Gasteiger partial charge in [0.15, 0.2) is 5.82 Å². The molecule has 0 saturated carbocycles. The van der Waals surface area contributed by atoms with Crippen LogP contribution in [0.5, 0.6) is 5.88 Å². The van der Waals surface area contributed by atoms with Gasteiger partial charge in [0.05, 0.1) is 41.8 Å². The molecule has 0 atom stereocenters. The summed E-state index contributed by atoms with van der Waals surface area (Å²) in [6.45, 7) is 4.02. The number of fused-ring (bicyclic) bond motifs is 1. The van der Waals surface area contributed by atoms with Gasteiger partial charge in [0.1, 0.15) is 5.82 Å². The van der Waals surface area contributed by atoms with Crippen molar-refractivity contribution in [3.63, 3.8) is 0 Å². The van der Waals surface area contributed by atoms with E-state index in [0.717, 1.165) is 0 Å². The number of hydrogen-bond acceptors (Lipinski definition) is 8. The SMILES string of the molecule is COc1cncc(N2CCN(C(=O)c3cc(-c4ccc(F)cc4)nc4onc(C)c34)CC2)n1. The second-order valence-corrected chi connectivity index (χ2v) is 7.71. The van der Waals surface area contributed by atoms with E-state index in [9.17, 15) is 9.18 Å². The van der Waals surface area contributed by atoms with Crippen molar-refractivity contribution >= 4 is 22.8 Å². The number of rotatable bonds is 4. The average Bonchev–Trinajstić information content (AvgIpc) is 3.24. The highest BCUT2D eigenvalue weighted by atomic mass is 19.1. The second kappa shape index (κ2) is 8.45. The Kier molecular flexibility index (Phi) is 5.33. The minimum Gasteiger partial charge on any atom is -0.480 e. The van der Waals surface area contributed by atoms with Crippen molar-refractivity contribution in [2.24, 2.45) is 0 Å². The molecule has 1 aliphatic heterocycles. The van der Waals surface area contributed by atoms with Crippen LogP contribution in [-0.4, -0.2) is 64.2 Å². The lowest BCUT2D eigenvalue weighted by atomic mass is 10.0. The van der Waals surface area contributed by atoms with Gasteiger partial charge in [-0.2, -0.15) is 4.98 Å². The summed E-state index contributed by atoms with van der Waals surface area (Å²) in [5.41, 5.74) is 2.54. The number of aryl methyl sites for hydroxylation is 1. The number of amides is 1. The molecule has 4 aromatic rings. The summed E-state index contributed by atoms with van der Waals surface area (Å²) in [6.07, 6.45) is 3.24. The molecule has 1 aromatic carbocycles. The molecule has 5 rings (SSSR count). The molecule has 10 heteroatoms. The van der Waals surface area contributed by atoms with Gasteiger partial charge in [-0.1, -0.05) is 5.16 Å². The number of methoxy groups -OCH3 is 1. The van der Waals surface area contributed by atoms with Crippen LogP contribution in [-0.2, 0) is 0 Å². The number of halogens is 1. The number of ether oxygens (including phenoxy) is 1. The van der Waals surface area contributed by atoms with Gasteiger partial charge in [-0.05, 0) is 37.3 Å². The summed E-state index contributed by atoms with van der Waals surface area (Å²) < 4.78 is 23.9. The van der Waals surface area contributed by atoms with Gasteiger partial charge < -0.3 is 19.1 Å². The largest absolute Gasteiger partial charge is 0.480 e. The van der Waals surface area contributed by atoms with E-state index < -0.39 is 0 Å². The lowest BCUT2D eigenvalue weighted by Crippen LogP contribution is -2.49. The van der Waals surface area contributed by atoms with Gasteiger partial charge in [0.25, 0.3) is 11.6 Å². The Morgan fingerprint density at radius 2 is 1.85 bits per heavy atom. The molecule has 4 heterocycles. The maximum Gasteiger partial charge on any atom is 0.259 e. The van der Waals surface area contributed by atoms with Crippen LogP contribution in [0, 0.1) is 12.7 Å². The van der Waals surface area contributed by atoms with E-state index in [4.69, 9.17) is 9.26 Å². The van der Waals surface area contributed by atoms with Crippen LogP contribution < -0.4 is 9.64 Å². The molecule has 0 radical (unpaired) electrons. The van der Waals surface area contributed by atoms with Gasteiger partial charge in [0.2, 0.25) is 5.88 Å². The van der Waals surface area contributed by atoms with Gasteiger partial charge in [-0.3, -0.25) is 9.78 Å². The first-order valence-corrected chi connectivity index (χ1v) is 10.5. The topological polar surface area (TPSA) is 97.5 Å². The van der Waals surface area contributed by atoms with Crippen molar-refractivity contribution < 1.29 is 18.4 Å². The molecule has 0 unspecified atom stereocenters. The molecule has 1 amide bonds. The fourth-order valence-corrected chi connectivity index (χ4v) is 3.93. The number of carbonyl (C=O) groups is 1. The first-order chi connectivity index (χ1) is 16.0. The first-order valence-electron chi connectivity index (χ1n) is 10.5. The van der Waals surface area contributed by atoms with Crippen molar-refractivity contribution in [3.05, 3.63) is 59.8 Å². The summed E-state index contributed by atoms with van der Waals surface area (Å²) in [6, 6.07) is 7.68. The van der Waals surface area contributed by atoms with E-state index in [1.54, 1.807) is 49.5 Å². The maximum absolute atomic E-state index is 13.5. The van der Waals surface area contributed by atoms with E-state index in [1.807, 2.05) is 0 Å². The summed E-state index contributed by atoms with van der Waals surface area (Å²) >= 11 is 0. The summed E-state index contributed by atoms with van der Waals surface area (Å²) in [5, 5.41) is 4.59. The molecule has 33 heavy (non-hydrogen) atoms. The zero-order valence-corrected chi connectivity index (χ0v) is 18.2. The van der Waals surface area contributed by atoms with Crippen LogP contribution in [0.25, 0.3) is 22.4 Å². The minimum atomic E-state index is -0.342. The standard InChI is InChI=1S/C23H21FN6O3/c1-14-21-17(11-18(26-22(21)33-28-14)15-3-5-16(24)6-4-15)23(31)30-9-7-29(8-10-30)19-12-25-13-20(27-19)32-2/h3-6,11-13H,7-10H2,1-2H3. The van der Waals surface area contributed by atoms with Crippen molar-refractivity contribution in [1.82, 2.24) is 25.0 Å². The Morgan fingerprint density at radius 3 is 2.58 bits per heavy atom. The van der Waals surface area contributed by atoms with Crippen LogP contribution in [0.1, 0.15) is 16.1 Å². The predicted molar refractivity (Wildman–Crippen MR) is 119 cm³/mol. The Hall–Kier alpha value is -4.08. The third-order valence-corrected chi connectivity index (χ3v) is 5.69. The molecule has 1 aliphatic rings. The summed E-state index contributed by atoms with van der Waals surface area (Å²) in [5.74, 6) is 0.682. The number of carbonyl (C=O) groups excluding carboxylic acids is 1. The molecule has 9 nitrogen and oxygen atoms in total. The highest BCUT2D eigenvalue weighted by Gasteiger charge is 2.27. The van der Waals surface area contributed by atoms with Crippen molar-refractivity contribution in [1.29, 1.82) is 0 Å². The number of pyridine rings is 1. The number of aromatic nitrogens is 4. The highest BCUT2D eigenvalue weighted by molar-refractivity contribution is 6.07. The van der Waals surface area contributed by atoms with Gasteiger partial charge in [-0.15, -0.1) is 0 Å².